The van der Waals surface area contributed by atoms with Crippen molar-refractivity contribution in [3.63, 3.8) is 0 Å². The van der Waals surface area contributed by atoms with Crippen LogP contribution in [0, 0.1) is 0 Å². The molecule has 0 unspecified atom stereocenters. The zero-order valence-corrected chi connectivity index (χ0v) is 22.0. The Kier molecular flexibility index (Phi) is 8.66. The Morgan fingerprint density at radius 2 is 1.97 bits per heavy atom. The smallest absolute Gasteiger partial charge is 0.408 e. The Labute approximate surface area is 216 Å². The lowest BCUT2D eigenvalue weighted by Gasteiger charge is -2.33. The van der Waals surface area contributed by atoms with E-state index in [1.165, 1.54) is 51.8 Å². The maximum Gasteiger partial charge on any atom is 0.408 e. The number of halogens is 3. The van der Waals surface area contributed by atoms with Crippen LogP contribution in [0.1, 0.15) is 32.4 Å². The quantitative estimate of drug-likeness (QED) is 0.240. The SMILES string of the molecule is COc1cccc([C@@H](N[P@](=O)(CO[C@H](C)Cn2cnc3c(N)ncnc32)NC(C)(C)C(=O)O)C(F)(F)F)c1. The Balaban J connectivity index is 1.87. The fraction of sp³-hybridized carbons (Fsp3) is 0.455. The van der Waals surface area contributed by atoms with Crippen LogP contribution in [-0.2, 0) is 20.6 Å². The van der Waals surface area contributed by atoms with Gasteiger partial charge >= 0.3 is 12.1 Å². The van der Waals surface area contributed by atoms with E-state index in [4.69, 9.17) is 15.2 Å². The van der Waals surface area contributed by atoms with Crippen LogP contribution < -0.4 is 20.6 Å². The molecule has 0 amide bonds. The lowest BCUT2D eigenvalue weighted by Crippen LogP contribution is -2.49. The van der Waals surface area contributed by atoms with E-state index in [-0.39, 0.29) is 23.7 Å². The zero-order chi connectivity index (χ0) is 28.3. The highest BCUT2D eigenvalue weighted by molar-refractivity contribution is 7.59. The number of anilines is 1. The Bertz CT molecular complexity index is 1330. The minimum atomic E-state index is -4.89. The lowest BCUT2D eigenvalue weighted by atomic mass is 10.1. The second-order valence-electron chi connectivity index (χ2n) is 9.10. The van der Waals surface area contributed by atoms with Crippen molar-refractivity contribution in [1.82, 2.24) is 29.7 Å². The number of carboxylic acid groups (broad SMARTS) is 1. The van der Waals surface area contributed by atoms with Crippen molar-refractivity contribution in [3.8, 4) is 5.75 Å². The van der Waals surface area contributed by atoms with Crippen molar-refractivity contribution in [3.05, 3.63) is 42.5 Å². The second-order valence-corrected chi connectivity index (χ2v) is 11.3. The molecule has 0 aliphatic heterocycles. The topological polar surface area (TPSA) is 167 Å². The number of aliphatic carboxylic acids is 1. The van der Waals surface area contributed by atoms with Crippen molar-refractivity contribution >= 4 is 30.4 Å². The van der Waals surface area contributed by atoms with E-state index >= 15 is 0 Å². The molecule has 3 rings (SSSR count). The summed E-state index contributed by atoms with van der Waals surface area (Å²) in [7, 11) is -3.07. The standard InChI is InChI=1S/C22H29F3N7O5P/c1-13(9-32-11-29-16-18(26)27-10-28-19(16)32)37-12-38(35,31-21(2,3)20(33)34)30-17(22(23,24)25)14-6-5-7-15(8-14)36-4/h5-8,10-11,13,17H,9,12H2,1-4H3,(H,33,34)(H2,26,27,28)(H2,30,31,35)/t13-,17-,38-/m1/s1. The molecule has 0 fully saturated rings. The van der Waals surface area contributed by atoms with Crippen molar-refractivity contribution in [2.24, 2.45) is 0 Å². The molecule has 3 aromatic rings. The summed E-state index contributed by atoms with van der Waals surface area (Å²) in [4.78, 5) is 23.8. The summed E-state index contributed by atoms with van der Waals surface area (Å²) in [6.45, 7) is 4.10. The number of nitrogen functional groups attached to an aromatic ring is 1. The summed E-state index contributed by atoms with van der Waals surface area (Å²) in [5.41, 5.74) is 4.44. The van der Waals surface area contributed by atoms with Crippen LogP contribution >= 0.6 is 7.44 Å². The molecule has 2 heterocycles. The van der Waals surface area contributed by atoms with Gasteiger partial charge in [-0.1, -0.05) is 12.1 Å². The number of carboxylic acids is 1. The molecular weight excluding hydrogens is 530 g/mol. The number of carbonyl (C=O) groups is 1. The van der Waals surface area contributed by atoms with Crippen LogP contribution in [-0.4, -0.2) is 61.9 Å². The number of nitrogens with one attached hydrogen (secondary N) is 2. The number of rotatable bonds is 12. The molecule has 3 atom stereocenters. The van der Waals surface area contributed by atoms with Crippen LogP contribution in [0.15, 0.2) is 36.9 Å². The van der Waals surface area contributed by atoms with E-state index in [1.54, 1.807) is 11.5 Å². The third-order valence-electron chi connectivity index (χ3n) is 5.51. The number of hydrogen-bond donors (Lipinski definition) is 4. The normalized spacial score (nSPS) is 15.7. The van der Waals surface area contributed by atoms with Gasteiger partial charge in [0.15, 0.2) is 11.5 Å². The summed E-state index contributed by atoms with van der Waals surface area (Å²) in [6.07, 6.45) is -3.65. The number of ether oxygens (including phenoxy) is 2. The first-order valence-electron chi connectivity index (χ1n) is 11.3. The van der Waals surface area contributed by atoms with Gasteiger partial charge in [-0.15, -0.1) is 0 Å². The number of aromatic nitrogens is 4. The highest BCUT2D eigenvalue weighted by Gasteiger charge is 2.47. The molecule has 0 saturated heterocycles. The molecule has 0 spiro atoms. The highest BCUT2D eigenvalue weighted by Crippen LogP contribution is 2.46. The summed E-state index contributed by atoms with van der Waals surface area (Å²) in [6, 6.07) is 2.75. The van der Waals surface area contributed by atoms with E-state index in [9.17, 15) is 27.6 Å². The van der Waals surface area contributed by atoms with E-state index in [0.717, 1.165) is 6.07 Å². The van der Waals surface area contributed by atoms with Gasteiger partial charge < -0.3 is 24.9 Å². The zero-order valence-electron chi connectivity index (χ0n) is 21.1. The average Bonchev–Trinajstić information content (AvgIpc) is 3.24. The first-order valence-corrected chi connectivity index (χ1v) is 13.2. The van der Waals surface area contributed by atoms with Gasteiger partial charge in [-0.25, -0.2) is 25.1 Å². The number of benzene rings is 1. The molecule has 0 radical (unpaired) electrons. The third kappa shape index (κ3) is 6.98. The maximum absolute atomic E-state index is 14.2. The van der Waals surface area contributed by atoms with E-state index in [1.807, 2.05) is 0 Å². The Morgan fingerprint density at radius 3 is 2.61 bits per heavy atom. The minimum absolute atomic E-state index is 0.133. The number of imidazole rings is 1. The molecule has 208 valence electrons. The second kappa shape index (κ2) is 11.2. The largest absolute Gasteiger partial charge is 0.497 e. The molecule has 0 aliphatic carbocycles. The number of hydrogen-bond acceptors (Lipinski definition) is 8. The number of fused-ring (bicyclic) bond motifs is 1. The number of nitrogens with two attached hydrogens (primary N) is 1. The summed E-state index contributed by atoms with van der Waals surface area (Å²) in [5.74, 6) is -1.08. The lowest BCUT2D eigenvalue weighted by molar-refractivity contribution is -0.153. The Hall–Kier alpha value is -3.26. The molecule has 0 saturated carbocycles. The molecule has 16 heteroatoms. The number of alkyl halides is 3. The van der Waals surface area contributed by atoms with Crippen LogP contribution in [0.4, 0.5) is 19.0 Å². The van der Waals surface area contributed by atoms with Crippen LogP contribution in [0.3, 0.4) is 0 Å². The Morgan fingerprint density at radius 1 is 1.26 bits per heavy atom. The van der Waals surface area contributed by atoms with Gasteiger partial charge in [0.1, 0.15) is 35.5 Å². The first kappa shape index (κ1) is 29.3. The van der Waals surface area contributed by atoms with Crippen LogP contribution in [0.25, 0.3) is 11.2 Å². The summed E-state index contributed by atoms with van der Waals surface area (Å²) in [5, 5.41) is 14.0. The summed E-state index contributed by atoms with van der Waals surface area (Å²) >= 11 is 0. The molecule has 2 aromatic heterocycles. The van der Waals surface area contributed by atoms with E-state index < -0.39 is 43.6 Å². The van der Waals surface area contributed by atoms with Crippen LogP contribution in [0.2, 0.25) is 0 Å². The molecule has 12 nitrogen and oxygen atoms in total. The monoisotopic (exact) mass is 559 g/mol. The third-order valence-corrected chi connectivity index (χ3v) is 7.62. The molecule has 0 bridgehead atoms. The van der Waals surface area contributed by atoms with Crippen molar-refractivity contribution in [2.45, 2.75) is 51.2 Å². The van der Waals surface area contributed by atoms with Crippen LogP contribution in [0.5, 0.6) is 5.75 Å². The first-order chi connectivity index (χ1) is 17.6. The fourth-order valence-electron chi connectivity index (χ4n) is 3.56. The predicted octanol–water partition coefficient (Wildman–Crippen LogP) is 3.32. The molecule has 38 heavy (non-hydrogen) atoms. The molecule has 5 N–H and O–H groups in total. The summed E-state index contributed by atoms with van der Waals surface area (Å²) < 4.78 is 68.6. The van der Waals surface area contributed by atoms with Crippen molar-refractivity contribution < 1.29 is 37.1 Å². The van der Waals surface area contributed by atoms with Gasteiger partial charge in [0.05, 0.1) is 26.1 Å². The van der Waals surface area contributed by atoms with Gasteiger partial charge in [0.25, 0.3) is 0 Å². The average molecular weight is 559 g/mol. The van der Waals surface area contributed by atoms with Gasteiger partial charge in [-0.3, -0.25) is 9.36 Å². The van der Waals surface area contributed by atoms with Gasteiger partial charge in [0, 0.05) is 0 Å². The predicted molar refractivity (Wildman–Crippen MR) is 133 cm³/mol. The van der Waals surface area contributed by atoms with E-state index in [0.29, 0.717) is 11.2 Å². The van der Waals surface area contributed by atoms with Crippen molar-refractivity contribution in [2.75, 3.05) is 19.2 Å². The maximum atomic E-state index is 14.2. The molecular formula is C22H29F3N7O5P. The van der Waals surface area contributed by atoms with Crippen molar-refractivity contribution in [1.29, 1.82) is 0 Å². The van der Waals surface area contributed by atoms with Gasteiger partial charge in [-0.05, 0) is 38.5 Å². The van der Waals surface area contributed by atoms with Gasteiger partial charge in [0.2, 0.25) is 7.44 Å². The number of nitrogens with zero attached hydrogens (tertiary/aromatic N) is 4. The van der Waals surface area contributed by atoms with Gasteiger partial charge in [-0.2, -0.15) is 13.2 Å². The fourth-order valence-corrected chi connectivity index (χ4v) is 5.94. The molecule has 1 aromatic carbocycles. The minimum Gasteiger partial charge on any atom is -0.497 e. The molecule has 0 aliphatic rings. The highest BCUT2D eigenvalue weighted by atomic mass is 31.2. The number of methoxy groups -OCH3 is 1. The van der Waals surface area contributed by atoms with E-state index in [2.05, 4.69) is 25.1 Å².